The number of carbonyl (C=O) groups is 1. The maximum absolute atomic E-state index is 10.7. The van der Waals surface area contributed by atoms with E-state index >= 15 is 0 Å². The first-order chi connectivity index (χ1) is 9.69. The number of pyridine rings is 1. The molecule has 0 bridgehead atoms. The van der Waals surface area contributed by atoms with Crippen LogP contribution < -0.4 is 16.4 Å². The van der Waals surface area contributed by atoms with E-state index in [0.717, 1.165) is 5.56 Å². The van der Waals surface area contributed by atoms with Crippen molar-refractivity contribution in [1.29, 1.82) is 5.26 Å². The number of anilines is 2. The number of hydrogen-bond acceptors (Lipinski definition) is 4. The molecule has 1 heterocycles. The van der Waals surface area contributed by atoms with Crippen LogP contribution in [0.3, 0.4) is 0 Å². The highest BCUT2D eigenvalue weighted by atomic mass is 16.2. The molecule has 1 aromatic heterocycles. The van der Waals surface area contributed by atoms with Gasteiger partial charge in [-0.15, -0.1) is 0 Å². The standard InChI is InChI=1S/C14H13N5O/c15-8-11-2-1-7-17-13(11)18-9-10-3-5-12(6-4-10)19-14(16)20/h1-7H,9H2,(H,17,18)(H3,16,19,20). The van der Waals surface area contributed by atoms with Gasteiger partial charge in [-0.25, -0.2) is 9.78 Å². The lowest BCUT2D eigenvalue weighted by atomic mass is 10.2. The van der Waals surface area contributed by atoms with Crippen LogP contribution in [0.15, 0.2) is 42.6 Å². The van der Waals surface area contributed by atoms with E-state index in [2.05, 4.69) is 21.7 Å². The minimum Gasteiger partial charge on any atom is -0.365 e. The Kier molecular flexibility index (Phi) is 4.14. The van der Waals surface area contributed by atoms with E-state index in [1.807, 2.05) is 12.1 Å². The van der Waals surface area contributed by atoms with Gasteiger partial charge in [0.15, 0.2) is 0 Å². The Morgan fingerprint density at radius 2 is 2.05 bits per heavy atom. The number of hydrogen-bond donors (Lipinski definition) is 3. The van der Waals surface area contributed by atoms with Crippen molar-refractivity contribution in [2.45, 2.75) is 6.54 Å². The summed E-state index contributed by atoms with van der Waals surface area (Å²) in [5, 5.41) is 14.5. The average Bonchev–Trinajstić information content (AvgIpc) is 2.46. The summed E-state index contributed by atoms with van der Waals surface area (Å²) in [6.07, 6.45) is 1.63. The summed E-state index contributed by atoms with van der Waals surface area (Å²) in [5.41, 5.74) is 7.16. The van der Waals surface area contributed by atoms with Crippen LogP contribution in [0.1, 0.15) is 11.1 Å². The zero-order valence-corrected chi connectivity index (χ0v) is 10.6. The lowest BCUT2D eigenvalue weighted by Crippen LogP contribution is -2.19. The number of urea groups is 1. The SMILES string of the molecule is N#Cc1cccnc1NCc1ccc(NC(N)=O)cc1. The summed E-state index contributed by atoms with van der Waals surface area (Å²) < 4.78 is 0. The van der Waals surface area contributed by atoms with Gasteiger partial charge in [0.25, 0.3) is 0 Å². The molecule has 0 spiro atoms. The second kappa shape index (κ2) is 6.20. The van der Waals surface area contributed by atoms with Crippen LogP contribution in [0.4, 0.5) is 16.3 Å². The highest BCUT2D eigenvalue weighted by molar-refractivity contribution is 5.87. The number of aromatic nitrogens is 1. The van der Waals surface area contributed by atoms with Gasteiger partial charge in [0.1, 0.15) is 11.9 Å². The van der Waals surface area contributed by atoms with Crippen molar-refractivity contribution in [3.8, 4) is 6.07 Å². The third-order valence-electron chi connectivity index (χ3n) is 2.61. The topological polar surface area (TPSA) is 104 Å². The fourth-order valence-corrected chi connectivity index (χ4v) is 1.67. The second-order valence-corrected chi connectivity index (χ2v) is 4.05. The number of carbonyl (C=O) groups excluding carboxylic acids is 1. The third kappa shape index (κ3) is 3.46. The summed E-state index contributed by atoms with van der Waals surface area (Å²) in [5.74, 6) is 0.550. The molecule has 6 nitrogen and oxygen atoms in total. The van der Waals surface area contributed by atoms with E-state index in [4.69, 9.17) is 11.0 Å². The van der Waals surface area contributed by atoms with Gasteiger partial charge in [-0.2, -0.15) is 5.26 Å². The molecule has 2 rings (SSSR count). The maximum atomic E-state index is 10.7. The van der Waals surface area contributed by atoms with E-state index in [-0.39, 0.29) is 0 Å². The predicted octanol–water partition coefficient (Wildman–Crippen LogP) is 2.06. The molecule has 0 fully saturated rings. The lowest BCUT2D eigenvalue weighted by Gasteiger charge is -2.08. The summed E-state index contributed by atoms with van der Waals surface area (Å²) in [6, 6.07) is 12.1. The van der Waals surface area contributed by atoms with E-state index < -0.39 is 6.03 Å². The predicted molar refractivity (Wildman–Crippen MR) is 75.9 cm³/mol. The molecule has 6 heteroatoms. The number of nitrogens with zero attached hydrogens (tertiary/aromatic N) is 2. The molecule has 0 aliphatic heterocycles. The smallest absolute Gasteiger partial charge is 0.316 e. The maximum Gasteiger partial charge on any atom is 0.316 e. The molecule has 1 aromatic carbocycles. The van der Waals surface area contributed by atoms with Crippen molar-refractivity contribution in [3.05, 3.63) is 53.7 Å². The number of nitrogens with two attached hydrogens (primary N) is 1. The Morgan fingerprint density at radius 1 is 1.30 bits per heavy atom. The lowest BCUT2D eigenvalue weighted by molar-refractivity contribution is 0.259. The van der Waals surface area contributed by atoms with Crippen LogP contribution in [-0.4, -0.2) is 11.0 Å². The fraction of sp³-hybridized carbons (Fsp3) is 0.0714. The molecule has 2 aromatic rings. The summed E-state index contributed by atoms with van der Waals surface area (Å²) >= 11 is 0. The van der Waals surface area contributed by atoms with Crippen molar-refractivity contribution in [1.82, 2.24) is 4.98 Å². The van der Waals surface area contributed by atoms with E-state index in [9.17, 15) is 4.79 Å². The molecule has 0 unspecified atom stereocenters. The van der Waals surface area contributed by atoms with Crippen molar-refractivity contribution in [2.24, 2.45) is 5.73 Å². The molecular weight excluding hydrogens is 254 g/mol. The quantitative estimate of drug-likeness (QED) is 0.788. The molecule has 0 radical (unpaired) electrons. The van der Waals surface area contributed by atoms with Crippen molar-refractivity contribution in [3.63, 3.8) is 0 Å². The van der Waals surface area contributed by atoms with Crippen molar-refractivity contribution in [2.75, 3.05) is 10.6 Å². The Hall–Kier alpha value is -3.07. The van der Waals surface area contributed by atoms with Crippen LogP contribution in [0, 0.1) is 11.3 Å². The Bertz CT molecular complexity index is 645. The molecule has 0 atom stereocenters. The summed E-state index contributed by atoms with van der Waals surface area (Å²) in [6.45, 7) is 0.530. The Labute approximate surface area is 116 Å². The molecule has 20 heavy (non-hydrogen) atoms. The van der Waals surface area contributed by atoms with Crippen LogP contribution in [0.5, 0.6) is 0 Å². The zero-order chi connectivity index (χ0) is 14.4. The van der Waals surface area contributed by atoms with Gasteiger partial charge in [-0.05, 0) is 29.8 Å². The van der Waals surface area contributed by atoms with Gasteiger partial charge in [-0.1, -0.05) is 12.1 Å². The number of amides is 2. The van der Waals surface area contributed by atoms with Gasteiger partial charge in [0, 0.05) is 18.4 Å². The van der Waals surface area contributed by atoms with Crippen molar-refractivity contribution < 1.29 is 4.79 Å². The van der Waals surface area contributed by atoms with Gasteiger partial charge < -0.3 is 16.4 Å². The Balaban J connectivity index is 2.01. The largest absolute Gasteiger partial charge is 0.365 e. The van der Waals surface area contributed by atoms with Crippen LogP contribution >= 0.6 is 0 Å². The fourth-order valence-electron chi connectivity index (χ4n) is 1.67. The molecule has 4 N–H and O–H groups in total. The van der Waals surface area contributed by atoms with Crippen LogP contribution in [0.2, 0.25) is 0 Å². The molecule has 0 aliphatic carbocycles. The molecule has 0 saturated carbocycles. The molecule has 0 saturated heterocycles. The van der Waals surface area contributed by atoms with Crippen LogP contribution in [-0.2, 0) is 6.54 Å². The minimum atomic E-state index is -0.594. The second-order valence-electron chi connectivity index (χ2n) is 4.05. The first-order valence-corrected chi connectivity index (χ1v) is 5.93. The average molecular weight is 267 g/mol. The summed E-state index contributed by atoms with van der Waals surface area (Å²) in [4.78, 5) is 14.8. The monoisotopic (exact) mass is 267 g/mol. The highest BCUT2D eigenvalue weighted by Gasteiger charge is 2.02. The van der Waals surface area contributed by atoms with E-state index in [0.29, 0.717) is 23.6 Å². The van der Waals surface area contributed by atoms with Crippen molar-refractivity contribution >= 4 is 17.5 Å². The highest BCUT2D eigenvalue weighted by Crippen LogP contribution is 2.13. The van der Waals surface area contributed by atoms with E-state index in [1.165, 1.54) is 0 Å². The molecule has 0 aliphatic rings. The minimum absolute atomic E-state index is 0.500. The normalized spacial score (nSPS) is 9.55. The van der Waals surface area contributed by atoms with Crippen LogP contribution in [0.25, 0.3) is 0 Å². The first kappa shape index (κ1) is 13.4. The van der Waals surface area contributed by atoms with E-state index in [1.54, 1.807) is 30.5 Å². The number of primary amides is 1. The van der Waals surface area contributed by atoms with Gasteiger partial charge in [0.05, 0.1) is 5.56 Å². The zero-order valence-electron chi connectivity index (χ0n) is 10.6. The number of benzene rings is 1. The molecular formula is C14H13N5O. The summed E-state index contributed by atoms with van der Waals surface area (Å²) in [7, 11) is 0. The number of nitriles is 1. The molecule has 2 amide bonds. The molecule has 100 valence electrons. The van der Waals surface area contributed by atoms with Gasteiger partial charge >= 0.3 is 6.03 Å². The van der Waals surface area contributed by atoms with Gasteiger partial charge in [0.2, 0.25) is 0 Å². The number of rotatable bonds is 4. The van der Waals surface area contributed by atoms with Gasteiger partial charge in [-0.3, -0.25) is 0 Å². The first-order valence-electron chi connectivity index (χ1n) is 5.93. The Morgan fingerprint density at radius 3 is 2.70 bits per heavy atom. The third-order valence-corrected chi connectivity index (χ3v) is 2.61. The number of nitrogens with one attached hydrogen (secondary N) is 2.